The Hall–Kier alpha value is -1.82. The number of sulfone groups is 1. The molecule has 2 aromatic rings. The van der Waals surface area contributed by atoms with Crippen LogP contribution in [0.1, 0.15) is 52.3 Å². The SMILES string of the molecule is CC(C)(C)c1nc(S(=O)(=O)c2ccccc2)c(N2CCCCCC2)o1. The zero-order valence-corrected chi connectivity index (χ0v) is 16.0. The van der Waals surface area contributed by atoms with E-state index in [2.05, 4.69) is 4.98 Å². The molecule has 1 saturated heterocycles. The molecule has 1 aliphatic heterocycles. The third kappa shape index (κ3) is 3.73. The summed E-state index contributed by atoms with van der Waals surface area (Å²) >= 11 is 0. The van der Waals surface area contributed by atoms with E-state index in [1.807, 2.05) is 25.7 Å². The largest absolute Gasteiger partial charge is 0.423 e. The molecule has 0 saturated carbocycles. The molecule has 1 fully saturated rings. The predicted molar refractivity (Wildman–Crippen MR) is 97.8 cm³/mol. The predicted octanol–water partition coefficient (Wildman–Crippen LogP) is 4.19. The quantitative estimate of drug-likeness (QED) is 0.819. The van der Waals surface area contributed by atoms with Gasteiger partial charge in [-0.1, -0.05) is 51.8 Å². The lowest BCUT2D eigenvalue weighted by Gasteiger charge is -2.20. The third-order valence-corrected chi connectivity index (χ3v) is 6.09. The second-order valence-corrected chi connectivity index (χ2v) is 9.46. The standard InChI is InChI=1S/C19H26N2O3S/c1-19(2,3)18-20-16(25(22,23)15-11-7-6-8-12-15)17(24-18)21-13-9-4-5-10-14-21/h6-8,11-12H,4-5,9-10,13-14H2,1-3H3. The summed E-state index contributed by atoms with van der Waals surface area (Å²) in [5.41, 5.74) is -0.356. The molecule has 25 heavy (non-hydrogen) atoms. The van der Waals surface area contributed by atoms with Crippen molar-refractivity contribution in [3.63, 3.8) is 0 Å². The van der Waals surface area contributed by atoms with E-state index in [0.717, 1.165) is 38.8 Å². The van der Waals surface area contributed by atoms with Crippen LogP contribution in [0.3, 0.4) is 0 Å². The van der Waals surface area contributed by atoms with E-state index in [1.54, 1.807) is 30.3 Å². The first-order valence-electron chi connectivity index (χ1n) is 8.86. The Morgan fingerprint density at radius 3 is 2.16 bits per heavy atom. The van der Waals surface area contributed by atoms with Gasteiger partial charge < -0.3 is 9.32 Å². The Morgan fingerprint density at radius 2 is 1.60 bits per heavy atom. The first-order valence-corrected chi connectivity index (χ1v) is 10.3. The van der Waals surface area contributed by atoms with Gasteiger partial charge in [-0.2, -0.15) is 4.98 Å². The average molecular weight is 362 g/mol. The van der Waals surface area contributed by atoms with E-state index in [-0.39, 0.29) is 15.3 Å². The van der Waals surface area contributed by atoms with Gasteiger partial charge in [0.1, 0.15) is 0 Å². The molecule has 0 radical (unpaired) electrons. The first kappa shape index (κ1) is 18.0. The third-order valence-electron chi connectivity index (χ3n) is 4.42. The number of rotatable bonds is 3. The van der Waals surface area contributed by atoms with E-state index in [4.69, 9.17) is 4.42 Å². The van der Waals surface area contributed by atoms with E-state index >= 15 is 0 Å². The van der Waals surface area contributed by atoms with Gasteiger partial charge in [0.2, 0.25) is 26.6 Å². The molecule has 1 aromatic carbocycles. The van der Waals surface area contributed by atoms with Crippen molar-refractivity contribution in [1.82, 2.24) is 4.98 Å². The van der Waals surface area contributed by atoms with Crippen molar-refractivity contribution >= 4 is 15.7 Å². The van der Waals surface area contributed by atoms with Crippen molar-refractivity contribution in [3.8, 4) is 0 Å². The van der Waals surface area contributed by atoms with Crippen molar-refractivity contribution in [2.75, 3.05) is 18.0 Å². The van der Waals surface area contributed by atoms with Crippen LogP contribution in [0.4, 0.5) is 5.88 Å². The molecule has 3 rings (SSSR count). The zero-order chi connectivity index (χ0) is 18.1. The molecule has 2 heterocycles. The van der Waals surface area contributed by atoms with Crippen molar-refractivity contribution < 1.29 is 12.8 Å². The second-order valence-electron chi connectivity index (χ2n) is 7.60. The van der Waals surface area contributed by atoms with Gasteiger partial charge in [0.15, 0.2) is 0 Å². The number of benzene rings is 1. The Kier molecular flexibility index (Phi) is 4.91. The molecule has 136 valence electrons. The lowest BCUT2D eigenvalue weighted by atomic mass is 9.97. The van der Waals surface area contributed by atoms with Crippen molar-refractivity contribution in [3.05, 3.63) is 36.2 Å². The molecule has 0 amide bonds. The lowest BCUT2D eigenvalue weighted by molar-refractivity contribution is 0.391. The highest BCUT2D eigenvalue weighted by Crippen LogP contribution is 2.35. The number of aromatic nitrogens is 1. The number of hydrogen-bond donors (Lipinski definition) is 0. The van der Waals surface area contributed by atoms with Gasteiger partial charge in [-0.3, -0.25) is 0 Å². The van der Waals surface area contributed by atoms with E-state index in [1.165, 1.54) is 0 Å². The average Bonchev–Trinajstić information content (AvgIpc) is 2.87. The van der Waals surface area contributed by atoms with E-state index in [9.17, 15) is 8.42 Å². The van der Waals surface area contributed by atoms with Gasteiger partial charge in [-0.15, -0.1) is 0 Å². The Morgan fingerprint density at radius 1 is 1.00 bits per heavy atom. The maximum Gasteiger partial charge on any atom is 0.236 e. The minimum atomic E-state index is -3.72. The van der Waals surface area contributed by atoms with Gasteiger partial charge in [0.05, 0.1) is 4.90 Å². The highest BCUT2D eigenvalue weighted by molar-refractivity contribution is 7.91. The van der Waals surface area contributed by atoms with Gasteiger partial charge >= 0.3 is 0 Å². The van der Waals surface area contributed by atoms with Gasteiger partial charge in [-0.05, 0) is 25.0 Å². The van der Waals surface area contributed by atoms with Crippen LogP contribution in [0.5, 0.6) is 0 Å². The van der Waals surface area contributed by atoms with Crippen LogP contribution in [0.2, 0.25) is 0 Å². The van der Waals surface area contributed by atoms with Crippen LogP contribution < -0.4 is 4.90 Å². The topological polar surface area (TPSA) is 63.4 Å². The highest BCUT2D eigenvalue weighted by atomic mass is 32.2. The van der Waals surface area contributed by atoms with Gasteiger partial charge in [-0.25, -0.2) is 8.42 Å². The molecule has 0 N–H and O–H groups in total. The summed E-state index contributed by atoms with van der Waals surface area (Å²) in [6.07, 6.45) is 4.40. The summed E-state index contributed by atoms with van der Waals surface area (Å²) in [5.74, 6) is 0.858. The molecule has 0 aliphatic carbocycles. The maximum absolute atomic E-state index is 13.2. The van der Waals surface area contributed by atoms with Crippen molar-refractivity contribution in [2.24, 2.45) is 0 Å². The highest BCUT2D eigenvalue weighted by Gasteiger charge is 2.34. The number of nitrogens with zero attached hydrogens (tertiary/aromatic N) is 2. The Balaban J connectivity index is 2.12. The monoisotopic (exact) mass is 362 g/mol. The molecule has 1 aliphatic rings. The molecule has 6 heteroatoms. The smallest absolute Gasteiger partial charge is 0.236 e. The zero-order valence-electron chi connectivity index (χ0n) is 15.2. The molecule has 0 atom stereocenters. The lowest BCUT2D eigenvalue weighted by Crippen LogP contribution is -2.25. The Bertz CT molecular complexity index is 812. The summed E-state index contributed by atoms with van der Waals surface area (Å²) in [7, 11) is -3.72. The van der Waals surface area contributed by atoms with Crippen molar-refractivity contribution in [1.29, 1.82) is 0 Å². The number of anilines is 1. The summed E-state index contributed by atoms with van der Waals surface area (Å²) in [6.45, 7) is 7.53. The van der Waals surface area contributed by atoms with Crippen LogP contribution in [-0.4, -0.2) is 26.5 Å². The summed E-state index contributed by atoms with van der Waals surface area (Å²) < 4.78 is 32.4. The van der Waals surface area contributed by atoms with Crippen LogP contribution in [0.25, 0.3) is 0 Å². The summed E-state index contributed by atoms with van der Waals surface area (Å²) in [4.78, 5) is 6.74. The molecule has 0 spiro atoms. The fraction of sp³-hybridized carbons (Fsp3) is 0.526. The van der Waals surface area contributed by atoms with Crippen LogP contribution in [0.15, 0.2) is 44.7 Å². The minimum Gasteiger partial charge on any atom is -0.423 e. The van der Waals surface area contributed by atoms with Crippen LogP contribution >= 0.6 is 0 Å². The molecule has 0 unspecified atom stereocenters. The fourth-order valence-corrected chi connectivity index (χ4v) is 4.32. The Labute approximate surface area is 150 Å². The summed E-state index contributed by atoms with van der Waals surface area (Å²) in [6, 6.07) is 8.46. The second kappa shape index (κ2) is 6.83. The number of hydrogen-bond acceptors (Lipinski definition) is 5. The molecular formula is C19H26N2O3S. The first-order chi connectivity index (χ1) is 11.8. The normalized spacial score (nSPS) is 16.7. The van der Waals surface area contributed by atoms with E-state index in [0.29, 0.717) is 11.8 Å². The minimum absolute atomic E-state index is 0.0468. The molecule has 1 aromatic heterocycles. The van der Waals surface area contributed by atoms with Gasteiger partial charge in [0, 0.05) is 18.5 Å². The maximum atomic E-state index is 13.2. The van der Waals surface area contributed by atoms with Crippen LogP contribution in [0, 0.1) is 0 Å². The molecule has 5 nitrogen and oxygen atoms in total. The fourth-order valence-electron chi connectivity index (χ4n) is 2.98. The van der Waals surface area contributed by atoms with Crippen LogP contribution in [-0.2, 0) is 15.3 Å². The van der Waals surface area contributed by atoms with E-state index < -0.39 is 9.84 Å². The molecular weight excluding hydrogens is 336 g/mol. The van der Waals surface area contributed by atoms with Crippen molar-refractivity contribution in [2.45, 2.75) is 61.8 Å². The van der Waals surface area contributed by atoms with Gasteiger partial charge in [0.25, 0.3) is 0 Å². The molecule has 0 bridgehead atoms. The summed E-state index contributed by atoms with van der Waals surface area (Å²) in [5, 5.41) is 0.0468. The number of oxazole rings is 1.